The fourth-order valence-corrected chi connectivity index (χ4v) is 5.78. The summed E-state index contributed by atoms with van der Waals surface area (Å²) in [6.07, 6.45) is 10.3. The van der Waals surface area contributed by atoms with E-state index in [1.807, 2.05) is 49.3 Å². The fourth-order valence-electron chi connectivity index (χ4n) is 3.73. The Hall–Kier alpha value is -3.43. The first-order valence-corrected chi connectivity index (χ1v) is 12.5. The number of fused-ring (bicyclic) bond motifs is 2. The molecule has 1 atom stereocenters. The first-order valence-electron chi connectivity index (χ1n) is 10.8. The molecular formula is C25H23N5O2S2. The topological polar surface area (TPSA) is 87.2 Å². The third-order valence-corrected chi connectivity index (χ3v) is 7.95. The van der Waals surface area contributed by atoms with E-state index in [-0.39, 0.29) is 17.1 Å². The molecule has 1 aliphatic carbocycles. The predicted octanol–water partition coefficient (Wildman–Crippen LogP) is 4.50. The summed E-state index contributed by atoms with van der Waals surface area (Å²) >= 11 is 3.17. The van der Waals surface area contributed by atoms with Gasteiger partial charge in [0.25, 0.3) is 11.8 Å². The number of carbonyl (C=O) groups excluding carboxylic acids is 2. The Morgan fingerprint density at radius 1 is 1.21 bits per heavy atom. The van der Waals surface area contributed by atoms with Gasteiger partial charge in [0.1, 0.15) is 10.8 Å². The molecule has 2 amide bonds. The number of thiazole rings is 1. The molecule has 2 N–H and O–H groups in total. The maximum Gasteiger partial charge on any atom is 0.252 e. The Kier molecular flexibility index (Phi) is 6.21. The van der Waals surface area contributed by atoms with Crippen molar-refractivity contribution >= 4 is 46.4 Å². The largest absolute Gasteiger partial charge is 0.363 e. The van der Waals surface area contributed by atoms with Gasteiger partial charge in [0.05, 0.1) is 12.2 Å². The molecule has 3 heterocycles. The molecule has 0 fully saturated rings. The summed E-state index contributed by atoms with van der Waals surface area (Å²) < 4.78 is 0. The van der Waals surface area contributed by atoms with Crippen molar-refractivity contribution < 1.29 is 9.59 Å². The second-order valence-electron chi connectivity index (χ2n) is 8.17. The number of nitrogens with zero attached hydrogens (tertiary/aromatic N) is 3. The second kappa shape index (κ2) is 9.44. The lowest BCUT2D eigenvalue weighted by Gasteiger charge is -2.16. The fraction of sp³-hybridized carbons (Fsp3) is 0.200. The minimum absolute atomic E-state index is 0.0979. The zero-order valence-electron chi connectivity index (χ0n) is 18.7. The van der Waals surface area contributed by atoms with Gasteiger partial charge in [-0.05, 0) is 36.8 Å². The molecule has 9 heteroatoms. The van der Waals surface area contributed by atoms with E-state index in [1.54, 1.807) is 36.3 Å². The van der Waals surface area contributed by atoms with Crippen molar-refractivity contribution in [3.63, 3.8) is 0 Å². The van der Waals surface area contributed by atoms with E-state index in [4.69, 9.17) is 0 Å². The number of rotatable bonds is 5. The molecule has 34 heavy (non-hydrogen) atoms. The highest BCUT2D eigenvalue weighted by atomic mass is 32.2. The molecule has 2 aliphatic rings. The van der Waals surface area contributed by atoms with E-state index in [9.17, 15) is 9.59 Å². The highest BCUT2D eigenvalue weighted by Crippen LogP contribution is 2.40. The number of carbonyl (C=O) groups is 2. The van der Waals surface area contributed by atoms with Gasteiger partial charge in [0.2, 0.25) is 0 Å². The molecule has 0 radical (unpaired) electrons. The van der Waals surface area contributed by atoms with E-state index in [2.05, 4.69) is 26.7 Å². The quantitative estimate of drug-likeness (QED) is 0.549. The van der Waals surface area contributed by atoms with Gasteiger partial charge < -0.3 is 15.5 Å². The SMILES string of the molecule is CN(C)c1ccc(-c2ncc(CNC(=O)c3ccc4c(c3)NC(=O)C3=CC=CCC3S4)s2)cn1. The van der Waals surface area contributed by atoms with Crippen molar-refractivity contribution in [3.8, 4) is 10.6 Å². The number of thioether (sulfide) groups is 1. The molecule has 0 saturated heterocycles. The number of hydrogen-bond acceptors (Lipinski definition) is 7. The van der Waals surface area contributed by atoms with Crippen LogP contribution in [0.5, 0.6) is 0 Å². The third-order valence-electron chi connectivity index (χ3n) is 5.56. The Morgan fingerprint density at radius 3 is 2.88 bits per heavy atom. The highest BCUT2D eigenvalue weighted by Gasteiger charge is 2.28. The summed E-state index contributed by atoms with van der Waals surface area (Å²) in [6.45, 7) is 0.374. The van der Waals surface area contributed by atoms with Gasteiger partial charge in [0, 0.05) is 58.2 Å². The molecular weight excluding hydrogens is 466 g/mol. The second-order valence-corrected chi connectivity index (χ2v) is 10.5. The van der Waals surface area contributed by atoms with Crippen LogP contribution in [0.2, 0.25) is 0 Å². The number of allylic oxidation sites excluding steroid dienone is 3. The van der Waals surface area contributed by atoms with Crippen molar-refractivity contribution in [2.75, 3.05) is 24.3 Å². The van der Waals surface area contributed by atoms with E-state index in [0.29, 0.717) is 17.8 Å². The minimum atomic E-state index is -0.198. The number of hydrogen-bond donors (Lipinski definition) is 2. The maximum atomic E-state index is 12.8. The highest BCUT2D eigenvalue weighted by molar-refractivity contribution is 8.00. The van der Waals surface area contributed by atoms with Gasteiger partial charge in [-0.25, -0.2) is 9.97 Å². The van der Waals surface area contributed by atoms with Gasteiger partial charge in [-0.2, -0.15) is 0 Å². The van der Waals surface area contributed by atoms with Crippen LogP contribution in [0.1, 0.15) is 21.7 Å². The molecule has 0 saturated carbocycles. The van der Waals surface area contributed by atoms with Gasteiger partial charge in [-0.1, -0.05) is 18.2 Å². The lowest BCUT2D eigenvalue weighted by atomic mass is 10.0. The van der Waals surface area contributed by atoms with E-state index >= 15 is 0 Å². The Balaban J connectivity index is 1.25. The van der Waals surface area contributed by atoms with Crippen LogP contribution in [0, 0.1) is 0 Å². The van der Waals surface area contributed by atoms with Crippen molar-refractivity contribution in [1.29, 1.82) is 0 Å². The molecule has 172 valence electrons. The molecule has 5 rings (SSSR count). The third kappa shape index (κ3) is 4.62. The Bertz CT molecular complexity index is 1310. The van der Waals surface area contributed by atoms with Gasteiger partial charge in [0.15, 0.2) is 0 Å². The monoisotopic (exact) mass is 489 g/mol. The summed E-state index contributed by atoms with van der Waals surface area (Å²) in [5, 5.41) is 6.88. The average Bonchev–Trinajstić information content (AvgIpc) is 3.27. The van der Waals surface area contributed by atoms with Crippen molar-refractivity contribution in [2.45, 2.75) is 23.1 Å². The zero-order chi connectivity index (χ0) is 23.7. The summed E-state index contributed by atoms with van der Waals surface area (Å²) in [4.78, 5) is 38.2. The van der Waals surface area contributed by atoms with Crippen LogP contribution in [0.4, 0.5) is 11.5 Å². The van der Waals surface area contributed by atoms with Crippen LogP contribution in [-0.2, 0) is 11.3 Å². The molecule has 7 nitrogen and oxygen atoms in total. The standard InChI is InChI=1S/C25H23N5O2S2/c1-30(2)22-10-8-16(12-26-22)25-28-14-17(33-25)13-27-23(31)15-7-9-21-19(11-15)29-24(32)18-5-3-4-6-20(18)34-21/h3-5,7-12,14,20H,6,13H2,1-2H3,(H,27,31)(H,29,32). The number of anilines is 2. The molecule has 1 aliphatic heterocycles. The van der Waals surface area contributed by atoms with Crippen LogP contribution in [0.3, 0.4) is 0 Å². The molecule has 1 unspecified atom stereocenters. The molecule has 3 aromatic rings. The zero-order valence-corrected chi connectivity index (χ0v) is 20.4. The summed E-state index contributed by atoms with van der Waals surface area (Å²) in [5.74, 6) is 0.579. The minimum Gasteiger partial charge on any atom is -0.363 e. The summed E-state index contributed by atoms with van der Waals surface area (Å²) in [7, 11) is 3.90. The predicted molar refractivity (Wildman–Crippen MR) is 137 cm³/mol. The molecule has 2 aromatic heterocycles. The van der Waals surface area contributed by atoms with Crippen molar-refractivity contribution in [1.82, 2.24) is 15.3 Å². The smallest absolute Gasteiger partial charge is 0.252 e. The van der Waals surface area contributed by atoms with Crippen LogP contribution >= 0.6 is 23.1 Å². The molecule has 1 aromatic carbocycles. The van der Waals surface area contributed by atoms with E-state index in [1.165, 1.54) is 11.3 Å². The summed E-state index contributed by atoms with van der Waals surface area (Å²) in [5.41, 5.74) is 2.89. The Labute approximate surface area is 206 Å². The lowest BCUT2D eigenvalue weighted by molar-refractivity contribution is -0.112. The van der Waals surface area contributed by atoms with E-state index < -0.39 is 0 Å². The number of nitrogens with one attached hydrogen (secondary N) is 2. The first kappa shape index (κ1) is 22.4. The van der Waals surface area contributed by atoms with Gasteiger partial charge in [-0.15, -0.1) is 23.1 Å². The normalized spacial score (nSPS) is 16.6. The number of amides is 2. The van der Waals surface area contributed by atoms with Crippen LogP contribution in [-0.4, -0.2) is 41.1 Å². The summed E-state index contributed by atoms with van der Waals surface area (Å²) in [6, 6.07) is 9.41. The van der Waals surface area contributed by atoms with Gasteiger partial charge >= 0.3 is 0 Å². The molecule has 0 bridgehead atoms. The van der Waals surface area contributed by atoms with Crippen molar-refractivity contribution in [2.24, 2.45) is 0 Å². The average molecular weight is 490 g/mol. The maximum absolute atomic E-state index is 12.8. The van der Waals surface area contributed by atoms with Crippen LogP contribution in [0.15, 0.2) is 71.4 Å². The molecule has 0 spiro atoms. The number of pyridine rings is 1. The lowest BCUT2D eigenvalue weighted by Crippen LogP contribution is -2.23. The van der Waals surface area contributed by atoms with Gasteiger partial charge in [-0.3, -0.25) is 9.59 Å². The van der Waals surface area contributed by atoms with Crippen LogP contribution in [0.25, 0.3) is 10.6 Å². The van der Waals surface area contributed by atoms with E-state index in [0.717, 1.165) is 38.2 Å². The van der Waals surface area contributed by atoms with Crippen LogP contribution < -0.4 is 15.5 Å². The van der Waals surface area contributed by atoms with Crippen molar-refractivity contribution in [3.05, 3.63) is 77.0 Å². The first-order chi connectivity index (χ1) is 16.5. The number of benzene rings is 1. The Morgan fingerprint density at radius 2 is 2.09 bits per heavy atom. The number of aromatic nitrogens is 2.